The molecule has 13 heavy (non-hydrogen) atoms. The van der Waals surface area contributed by atoms with Crippen LogP contribution in [0.2, 0.25) is 0 Å². The van der Waals surface area contributed by atoms with Gasteiger partial charge in [0.05, 0.1) is 0 Å². The second-order valence-electron chi connectivity index (χ2n) is 4.14. The molecule has 1 saturated heterocycles. The molecule has 1 heterocycles. The van der Waals surface area contributed by atoms with Gasteiger partial charge in [0.2, 0.25) is 0 Å². The number of hydrogen-bond acceptors (Lipinski definition) is 3. The third kappa shape index (κ3) is 3.25. The second-order valence-corrected chi connectivity index (χ2v) is 4.14. The molecule has 0 aliphatic carbocycles. The van der Waals surface area contributed by atoms with Crippen LogP contribution in [0.25, 0.3) is 0 Å². The van der Waals surface area contributed by atoms with Gasteiger partial charge in [-0.05, 0) is 32.2 Å². The minimum atomic E-state index is 0.743. The highest BCUT2D eigenvalue weighted by Gasteiger charge is 2.23. The average Bonchev–Trinajstić information content (AvgIpc) is 2.16. The van der Waals surface area contributed by atoms with Crippen molar-refractivity contribution in [3.05, 3.63) is 0 Å². The van der Waals surface area contributed by atoms with E-state index in [0.717, 1.165) is 25.0 Å². The van der Waals surface area contributed by atoms with Crippen molar-refractivity contribution in [3.63, 3.8) is 0 Å². The summed E-state index contributed by atoms with van der Waals surface area (Å²) in [6.07, 6.45) is 4.07. The zero-order valence-electron chi connectivity index (χ0n) is 8.92. The Balaban J connectivity index is 2.26. The van der Waals surface area contributed by atoms with Crippen LogP contribution in [0.4, 0.5) is 0 Å². The Morgan fingerprint density at radius 3 is 2.85 bits per heavy atom. The van der Waals surface area contributed by atoms with Crippen LogP contribution in [0.5, 0.6) is 0 Å². The zero-order chi connectivity index (χ0) is 9.68. The molecule has 0 saturated carbocycles. The summed E-state index contributed by atoms with van der Waals surface area (Å²) in [7, 11) is 0. The number of nitrogens with two attached hydrogens (primary N) is 1. The predicted octanol–water partition coefficient (Wildman–Crippen LogP) is 0.960. The SMILES string of the molecule is CCC1CCN(CCNN)C(C)C1. The van der Waals surface area contributed by atoms with Gasteiger partial charge in [-0.2, -0.15) is 0 Å². The molecule has 0 spiro atoms. The van der Waals surface area contributed by atoms with Gasteiger partial charge in [0, 0.05) is 19.1 Å². The molecule has 1 aliphatic rings. The van der Waals surface area contributed by atoms with Crippen LogP contribution in [-0.4, -0.2) is 30.6 Å². The van der Waals surface area contributed by atoms with Gasteiger partial charge < -0.3 is 0 Å². The lowest BCUT2D eigenvalue weighted by Crippen LogP contribution is -2.44. The van der Waals surface area contributed by atoms with Gasteiger partial charge in [0.15, 0.2) is 0 Å². The molecule has 78 valence electrons. The molecule has 0 amide bonds. The van der Waals surface area contributed by atoms with Crippen molar-refractivity contribution < 1.29 is 0 Å². The third-order valence-electron chi connectivity index (χ3n) is 3.24. The fourth-order valence-corrected chi connectivity index (χ4v) is 2.23. The lowest BCUT2D eigenvalue weighted by atomic mass is 9.90. The maximum absolute atomic E-state index is 5.27. The summed E-state index contributed by atoms with van der Waals surface area (Å²) in [5, 5.41) is 0. The molecule has 0 bridgehead atoms. The van der Waals surface area contributed by atoms with Crippen molar-refractivity contribution in [1.82, 2.24) is 10.3 Å². The van der Waals surface area contributed by atoms with E-state index < -0.39 is 0 Å². The molecule has 0 aromatic heterocycles. The van der Waals surface area contributed by atoms with Crippen molar-refractivity contribution in [2.24, 2.45) is 11.8 Å². The number of nitrogens with zero attached hydrogens (tertiary/aromatic N) is 1. The number of hydrazine groups is 1. The molecule has 3 heteroatoms. The highest BCUT2D eigenvalue weighted by molar-refractivity contribution is 4.78. The van der Waals surface area contributed by atoms with E-state index in [1.807, 2.05) is 0 Å². The Labute approximate surface area is 81.6 Å². The predicted molar refractivity (Wildman–Crippen MR) is 56.2 cm³/mol. The van der Waals surface area contributed by atoms with Crippen LogP contribution in [-0.2, 0) is 0 Å². The summed E-state index contributed by atoms with van der Waals surface area (Å²) in [4.78, 5) is 2.53. The fourth-order valence-electron chi connectivity index (χ4n) is 2.23. The molecule has 2 unspecified atom stereocenters. The van der Waals surface area contributed by atoms with Gasteiger partial charge in [-0.1, -0.05) is 13.3 Å². The Bertz CT molecular complexity index is 138. The number of hydrogen-bond donors (Lipinski definition) is 2. The Morgan fingerprint density at radius 1 is 1.54 bits per heavy atom. The smallest absolute Gasteiger partial charge is 0.0225 e. The van der Waals surface area contributed by atoms with Gasteiger partial charge in [0.25, 0.3) is 0 Å². The quantitative estimate of drug-likeness (QED) is 0.506. The van der Waals surface area contributed by atoms with E-state index >= 15 is 0 Å². The molecule has 3 N–H and O–H groups in total. The summed E-state index contributed by atoms with van der Waals surface area (Å²) in [6, 6.07) is 0.743. The van der Waals surface area contributed by atoms with E-state index in [0.29, 0.717) is 0 Å². The average molecular weight is 185 g/mol. The maximum Gasteiger partial charge on any atom is 0.0225 e. The molecule has 0 radical (unpaired) electrons. The number of likely N-dealkylation sites (tertiary alicyclic amines) is 1. The highest BCUT2D eigenvalue weighted by atomic mass is 15.2. The lowest BCUT2D eigenvalue weighted by molar-refractivity contribution is 0.122. The second kappa shape index (κ2) is 5.58. The van der Waals surface area contributed by atoms with Crippen LogP contribution in [0.1, 0.15) is 33.1 Å². The highest BCUT2D eigenvalue weighted by Crippen LogP contribution is 2.24. The van der Waals surface area contributed by atoms with Crippen LogP contribution < -0.4 is 11.3 Å². The summed E-state index contributed by atoms with van der Waals surface area (Å²) >= 11 is 0. The normalized spacial score (nSPS) is 30.7. The van der Waals surface area contributed by atoms with E-state index in [4.69, 9.17) is 5.84 Å². The molecule has 1 aliphatic heterocycles. The van der Waals surface area contributed by atoms with Crippen LogP contribution in [0, 0.1) is 5.92 Å². The molecule has 1 fully saturated rings. The fraction of sp³-hybridized carbons (Fsp3) is 1.00. The number of nitrogens with one attached hydrogen (secondary N) is 1. The van der Waals surface area contributed by atoms with Crippen molar-refractivity contribution in [1.29, 1.82) is 0 Å². The first-order chi connectivity index (χ1) is 6.27. The van der Waals surface area contributed by atoms with Gasteiger partial charge in [0.1, 0.15) is 0 Å². The number of rotatable bonds is 4. The molecule has 0 aromatic carbocycles. The number of piperidine rings is 1. The lowest BCUT2D eigenvalue weighted by Gasteiger charge is -2.37. The van der Waals surface area contributed by atoms with Gasteiger partial charge in [-0.25, -0.2) is 0 Å². The summed E-state index contributed by atoms with van der Waals surface area (Å²) < 4.78 is 0. The van der Waals surface area contributed by atoms with Crippen molar-refractivity contribution in [2.45, 2.75) is 39.2 Å². The van der Waals surface area contributed by atoms with Crippen LogP contribution in [0.3, 0.4) is 0 Å². The summed E-state index contributed by atoms with van der Waals surface area (Å²) in [5.74, 6) is 6.22. The molecular weight excluding hydrogens is 162 g/mol. The van der Waals surface area contributed by atoms with E-state index in [-0.39, 0.29) is 0 Å². The van der Waals surface area contributed by atoms with E-state index in [2.05, 4.69) is 24.2 Å². The first-order valence-corrected chi connectivity index (χ1v) is 5.45. The van der Waals surface area contributed by atoms with Crippen molar-refractivity contribution in [3.8, 4) is 0 Å². The van der Waals surface area contributed by atoms with E-state index in [1.165, 1.54) is 25.8 Å². The topological polar surface area (TPSA) is 41.3 Å². The monoisotopic (exact) mass is 185 g/mol. The minimum absolute atomic E-state index is 0.743. The van der Waals surface area contributed by atoms with Crippen LogP contribution in [0.15, 0.2) is 0 Å². The van der Waals surface area contributed by atoms with Gasteiger partial charge in [-0.15, -0.1) is 0 Å². The van der Waals surface area contributed by atoms with Gasteiger partial charge >= 0.3 is 0 Å². The zero-order valence-corrected chi connectivity index (χ0v) is 8.92. The van der Waals surface area contributed by atoms with Crippen molar-refractivity contribution >= 4 is 0 Å². The molecule has 2 atom stereocenters. The summed E-state index contributed by atoms with van der Waals surface area (Å²) in [5.41, 5.74) is 2.72. The first-order valence-electron chi connectivity index (χ1n) is 5.45. The molecule has 3 nitrogen and oxygen atoms in total. The first kappa shape index (κ1) is 11.0. The molecular formula is C10H23N3. The largest absolute Gasteiger partial charge is 0.299 e. The summed E-state index contributed by atoms with van der Waals surface area (Å²) in [6.45, 7) is 7.88. The van der Waals surface area contributed by atoms with Crippen LogP contribution >= 0.6 is 0 Å². The van der Waals surface area contributed by atoms with E-state index in [9.17, 15) is 0 Å². The molecule has 0 aromatic rings. The Hall–Kier alpha value is -0.120. The Kier molecular flexibility index (Phi) is 4.70. The minimum Gasteiger partial charge on any atom is -0.299 e. The van der Waals surface area contributed by atoms with Gasteiger partial charge in [-0.3, -0.25) is 16.2 Å². The Morgan fingerprint density at radius 2 is 2.31 bits per heavy atom. The standard InChI is InChI=1S/C10H23N3/c1-3-10-4-6-13(7-5-12-11)9(2)8-10/h9-10,12H,3-8,11H2,1-2H3. The van der Waals surface area contributed by atoms with Crippen molar-refractivity contribution in [2.75, 3.05) is 19.6 Å². The third-order valence-corrected chi connectivity index (χ3v) is 3.24. The van der Waals surface area contributed by atoms with E-state index in [1.54, 1.807) is 0 Å². The maximum atomic E-state index is 5.27. The molecule has 1 rings (SSSR count).